The van der Waals surface area contributed by atoms with Crippen molar-refractivity contribution in [2.75, 3.05) is 6.54 Å². The SMILES string of the molecule is CCNC(CC(C)CC)c1ccc(C)c(F)c1F. The van der Waals surface area contributed by atoms with Gasteiger partial charge in [-0.1, -0.05) is 39.3 Å². The summed E-state index contributed by atoms with van der Waals surface area (Å²) in [6.07, 6.45) is 1.86. The van der Waals surface area contributed by atoms with Crippen LogP contribution in [0.2, 0.25) is 0 Å². The number of benzene rings is 1. The third-order valence-corrected chi connectivity index (χ3v) is 3.47. The second-order valence-electron chi connectivity index (χ2n) is 4.96. The minimum atomic E-state index is -0.723. The lowest BCUT2D eigenvalue weighted by Gasteiger charge is -2.22. The number of hydrogen-bond donors (Lipinski definition) is 1. The summed E-state index contributed by atoms with van der Waals surface area (Å²) in [7, 11) is 0. The van der Waals surface area contributed by atoms with Gasteiger partial charge in [0.2, 0.25) is 0 Å². The molecule has 0 amide bonds. The summed E-state index contributed by atoms with van der Waals surface area (Å²) in [5.74, 6) is -0.943. The van der Waals surface area contributed by atoms with Gasteiger partial charge in [0.05, 0.1) is 0 Å². The molecule has 1 aromatic rings. The van der Waals surface area contributed by atoms with Gasteiger partial charge in [-0.05, 0) is 31.4 Å². The van der Waals surface area contributed by atoms with Crippen molar-refractivity contribution in [3.63, 3.8) is 0 Å². The highest BCUT2D eigenvalue weighted by molar-refractivity contribution is 5.28. The van der Waals surface area contributed by atoms with E-state index in [2.05, 4.69) is 19.2 Å². The molecular weight excluding hydrogens is 232 g/mol. The highest BCUT2D eigenvalue weighted by Gasteiger charge is 2.20. The second kappa shape index (κ2) is 6.83. The highest BCUT2D eigenvalue weighted by Crippen LogP contribution is 2.27. The van der Waals surface area contributed by atoms with Crippen molar-refractivity contribution in [1.29, 1.82) is 0 Å². The van der Waals surface area contributed by atoms with Crippen LogP contribution in [-0.2, 0) is 0 Å². The molecule has 3 heteroatoms. The van der Waals surface area contributed by atoms with Crippen LogP contribution < -0.4 is 5.32 Å². The van der Waals surface area contributed by atoms with Gasteiger partial charge in [-0.15, -0.1) is 0 Å². The van der Waals surface area contributed by atoms with Crippen LogP contribution in [0.25, 0.3) is 0 Å². The lowest BCUT2D eigenvalue weighted by molar-refractivity contribution is 0.389. The first kappa shape index (κ1) is 15.1. The molecule has 0 saturated heterocycles. The van der Waals surface area contributed by atoms with Gasteiger partial charge in [0.25, 0.3) is 0 Å². The van der Waals surface area contributed by atoms with Crippen LogP contribution in [0.1, 0.15) is 50.8 Å². The topological polar surface area (TPSA) is 12.0 Å². The fourth-order valence-electron chi connectivity index (χ4n) is 2.07. The van der Waals surface area contributed by atoms with E-state index in [9.17, 15) is 8.78 Å². The van der Waals surface area contributed by atoms with E-state index in [0.29, 0.717) is 17.0 Å². The largest absolute Gasteiger partial charge is 0.310 e. The predicted molar refractivity (Wildman–Crippen MR) is 71.6 cm³/mol. The molecular formula is C15H23F2N. The molecule has 0 radical (unpaired) electrons. The number of rotatable bonds is 6. The first-order chi connectivity index (χ1) is 8.51. The third kappa shape index (κ3) is 3.52. The van der Waals surface area contributed by atoms with E-state index in [1.807, 2.05) is 6.92 Å². The van der Waals surface area contributed by atoms with Gasteiger partial charge >= 0.3 is 0 Å². The first-order valence-corrected chi connectivity index (χ1v) is 6.69. The Morgan fingerprint density at radius 3 is 2.39 bits per heavy atom. The van der Waals surface area contributed by atoms with Crippen molar-refractivity contribution in [3.8, 4) is 0 Å². The molecule has 0 aliphatic rings. The van der Waals surface area contributed by atoms with Crippen LogP contribution in [0, 0.1) is 24.5 Å². The minimum absolute atomic E-state index is 0.111. The average Bonchev–Trinajstić information content (AvgIpc) is 2.35. The number of nitrogens with one attached hydrogen (secondary N) is 1. The maximum absolute atomic E-state index is 14.0. The standard InChI is InChI=1S/C15H23F2N/c1-5-10(3)9-13(18-6-2)12-8-7-11(4)14(16)15(12)17/h7-8,10,13,18H,5-6,9H2,1-4H3. The zero-order chi connectivity index (χ0) is 13.7. The van der Waals surface area contributed by atoms with E-state index >= 15 is 0 Å². The Morgan fingerprint density at radius 1 is 1.17 bits per heavy atom. The summed E-state index contributed by atoms with van der Waals surface area (Å²) in [4.78, 5) is 0. The molecule has 2 unspecified atom stereocenters. The average molecular weight is 255 g/mol. The Labute approximate surface area is 109 Å². The Balaban J connectivity index is 3.02. The Hall–Kier alpha value is -0.960. The number of aryl methyl sites for hydroxylation is 1. The van der Waals surface area contributed by atoms with Crippen LogP contribution in [0.5, 0.6) is 0 Å². The summed E-state index contributed by atoms with van der Waals surface area (Å²) in [6.45, 7) is 8.55. The van der Waals surface area contributed by atoms with E-state index < -0.39 is 11.6 Å². The molecule has 2 atom stereocenters. The van der Waals surface area contributed by atoms with Crippen molar-refractivity contribution >= 4 is 0 Å². The van der Waals surface area contributed by atoms with Gasteiger partial charge in [0.15, 0.2) is 11.6 Å². The van der Waals surface area contributed by atoms with Gasteiger partial charge < -0.3 is 5.32 Å². The number of halogens is 2. The fraction of sp³-hybridized carbons (Fsp3) is 0.600. The maximum Gasteiger partial charge on any atom is 0.163 e. The van der Waals surface area contributed by atoms with E-state index in [1.54, 1.807) is 19.1 Å². The molecule has 0 aliphatic carbocycles. The molecule has 0 aliphatic heterocycles. The summed E-state index contributed by atoms with van der Waals surface area (Å²) >= 11 is 0. The molecule has 18 heavy (non-hydrogen) atoms. The molecule has 0 bridgehead atoms. The molecule has 1 nitrogen and oxygen atoms in total. The van der Waals surface area contributed by atoms with Crippen molar-refractivity contribution in [3.05, 3.63) is 34.9 Å². The van der Waals surface area contributed by atoms with Gasteiger partial charge in [-0.25, -0.2) is 8.78 Å². The van der Waals surface area contributed by atoms with Gasteiger partial charge in [-0.3, -0.25) is 0 Å². The summed E-state index contributed by atoms with van der Waals surface area (Å²) in [6, 6.07) is 3.23. The zero-order valence-corrected chi connectivity index (χ0v) is 11.7. The van der Waals surface area contributed by atoms with Crippen LogP contribution >= 0.6 is 0 Å². The van der Waals surface area contributed by atoms with Crippen molar-refractivity contribution < 1.29 is 8.78 Å². The second-order valence-corrected chi connectivity index (χ2v) is 4.96. The molecule has 1 rings (SSSR count). The monoisotopic (exact) mass is 255 g/mol. The minimum Gasteiger partial charge on any atom is -0.310 e. The molecule has 0 spiro atoms. The smallest absolute Gasteiger partial charge is 0.163 e. The van der Waals surface area contributed by atoms with Crippen molar-refractivity contribution in [1.82, 2.24) is 5.32 Å². The highest BCUT2D eigenvalue weighted by atomic mass is 19.2. The van der Waals surface area contributed by atoms with Crippen LogP contribution in [0.15, 0.2) is 12.1 Å². The Bertz CT molecular complexity index is 390. The quantitative estimate of drug-likeness (QED) is 0.796. The van der Waals surface area contributed by atoms with Gasteiger partial charge in [0.1, 0.15) is 0 Å². The summed E-state index contributed by atoms with van der Waals surface area (Å²) in [5, 5.41) is 3.24. The third-order valence-electron chi connectivity index (χ3n) is 3.47. The Kier molecular flexibility index (Phi) is 5.73. The van der Waals surface area contributed by atoms with Crippen molar-refractivity contribution in [2.24, 2.45) is 5.92 Å². The lowest BCUT2D eigenvalue weighted by Crippen LogP contribution is -2.24. The molecule has 1 aromatic carbocycles. The molecule has 102 valence electrons. The summed E-state index contributed by atoms with van der Waals surface area (Å²) < 4.78 is 27.6. The molecule has 0 fully saturated rings. The number of hydrogen-bond acceptors (Lipinski definition) is 1. The Morgan fingerprint density at radius 2 is 1.83 bits per heavy atom. The normalized spacial score (nSPS) is 14.6. The molecule has 0 aromatic heterocycles. The van der Waals surface area contributed by atoms with E-state index in [0.717, 1.165) is 19.4 Å². The predicted octanol–water partition coefficient (Wildman–Crippen LogP) is 4.36. The van der Waals surface area contributed by atoms with Gasteiger partial charge in [0, 0.05) is 11.6 Å². The lowest BCUT2D eigenvalue weighted by atomic mass is 9.93. The van der Waals surface area contributed by atoms with Crippen LogP contribution in [0.3, 0.4) is 0 Å². The fourth-order valence-corrected chi connectivity index (χ4v) is 2.07. The molecule has 1 N–H and O–H groups in total. The van der Waals surface area contributed by atoms with Crippen molar-refractivity contribution in [2.45, 2.75) is 46.6 Å². The van der Waals surface area contributed by atoms with E-state index in [4.69, 9.17) is 0 Å². The van der Waals surface area contributed by atoms with Crippen LogP contribution in [-0.4, -0.2) is 6.54 Å². The first-order valence-electron chi connectivity index (χ1n) is 6.69. The van der Waals surface area contributed by atoms with Gasteiger partial charge in [-0.2, -0.15) is 0 Å². The molecule has 0 saturated carbocycles. The van der Waals surface area contributed by atoms with Crippen LogP contribution in [0.4, 0.5) is 8.78 Å². The molecule has 0 heterocycles. The van der Waals surface area contributed by atoms with E-state index in [-0.39, 0.29) is 6.04 Å². The maximum atomic E-state index is 14.0. The summed E-state index contributed by atoms with van der Waals surface area (Å²) in [5.41, 5.74) is 0.801. The zero-order valence-electron chi connectivity index (χ0n) is 11.7. The van der Waals surface area contributed by atoms with E-state index in [1.165, 1.54) is 0 Å².